The van der Waals surface area contributed by atoms with Gasteiger partial charge in [0.2, 0.25) is 0 Å². The molecule has 0 unspecified atom stereocenters. The quantitative estimate of drug-likeness (QED) is 0.634. The first-order chi connectivity index (χ1) is 14.9. The molecule has 4 N–H and O–H groups in total. The Bertz CT molecular complexity index is 919. The lowest BCUT2D eigenvalue weighted by atomic mass is 10.1. The van der Waals surface area contributed by atoms with Crippen LogP contribution in [0.4, 0.5) is 16.2 Å². The molecule has 4 rings (SSSR count). The van der Waals surface area contributed by atoms with E-state index >= 15 is 0 Å². The van der Waals surface area contributed by atoms with Crippen LogP contribution in [0.15, 0.2) is 42.5 Å². The van der Waals surface area contributed by atoms with Gasteiger partial charge in [-0.15, -0.1) is 0 Å². The molecule has 9 heteroatoms. The maximum atomic E-state index is 11.4. The summed E-state index contributed by atoms with van der Waals surface area (Å²) in [6.07, 6.45) is -0.472. The summed E-state index contributed by atoms with van der Waals surface area (Å²) in [4.78, 5) is 18.2. The number of primary amides is 1. The van der Waals surface area contributed by atoms with Gasteiger partial charge in [0.05, 0.1) is 23.5 Å². The molecule has 2 heterocycles. The fourth-order valence-corrected chi connectivity index (χ4v) is 4.74. The lowest BCUT2D eigenvalue weighted by Crippen LogP contribution is -2.53. The second kappa shape index (κ2) is 9.63. The summed E-state index contributed by atoms with van der Waals surface area (Å²) in [7, 11) is 0. The van der Waals surface area contributed by atoms with Gasteiger partial charge in [0.25, 0.3) is 0 Å². The number of rotatable bonds is 5. The van der Waals surface area contributed by atoms with E-state index in [9.17, 15) is 9.90 Å². The fraction of sp³-hybridized carbons (Fsp3) is 0.409. The molecule has 31 heavy (non-hydrogen) atoms. The monoisotopic (exact) mass is 463 g/mol. The van der Waals surface area contributed by atoms with Gasteiger partial charge in [-0.25, -0.2) is 4.79 Å². The second-order valence-corrected chi connectivity index (χ2v) is 9.00. The van der Waals surface area contributed by atoms with Crippen molar-refractivity contribution in [2.45, 2.75) is 18.7 Å². The molecular formula is C22H27Cl2N5O2. The molecule has 2 fully saturated rings. The number of nitrogens with two attached hydrogens (primary N) is 1. The first-order valence-corrected chi connectivity index (χ1v) is 11.1. The molecule has 0 aromatic heterocycles. The third-order valence-corrected chi connectivity index (χ3v) is 6.50. The van der Waals surface area contributed by atoms with Crippen molar-refractivity contribution in [1.29, 1.82) is 0 Å². The smallest absolute Gasteiger partial charge is 0.316 e. The number of aliphatic hydroxyl groups is 1. The number of hydrogen-bond acceptors (Lipinski definition) is 5. The largest absolute Gasteiger partial charge is 0.390 e. The molecule has 2 amide bonds. The Hall–Kier alpha value is -2.03. The summed E-state index contributed by atoms with van der Waals surface area (Å²) in [5, 5.41) is 14.7. The number of carbonyl (C=O) groups excluding carboxylic acids is 1. The van der Waals surface area contributed by atoms with Gasteiger partial charge in [-0.2, -0.15) is 0 Å². The molecule has 0 saturated carbocycles. The number of carbonyl (C=O) groups is 1. The number of aliphatic hydroxyl groups excluding tert-OH is 1. The van der Waals surface area contributed by atoms with Gasteiger partial charge >= 0.3 is 6.03 Å². The van der Waals surface area contributed by atoms with Crippen molar-refractivity contribution in [1.82, 2.24) is 9.80 Å². The number of β-amino-alcohol motifs (C(OH)–C–C–N with tert-alkyl or cyclic N) is 1. The molecule has 0 bridgehead atoms. The van der Waals surface area contributed by atoms with Crippen molar-refractivity contribution in [3.8, 4) is 0 Å². The number of nitrogens with zero attached hydrogens (tertiary/aromatic N) is 3. The molecule has 2 aromatic carbocycles. The molecule has 2 aromatic rings. The third-order valence-electron chi connectivity index (χ3n) is 6.01. The molecule has 0 spiro atoms. The molecule has 2 aliphatic rings. The van der Waals surface area contributed by atoms with Crippen molar-refractivity contribution in [2.24, 2.45) is 5.73 Å². The Balaban J connectivity index is 1.37. The van der Waals surface area contributed by atoms with E-state index in [0.29, 0.717) is 23.8 Å². The number of anilines is 2. The lowest BCUT2D eigenvalue weighted by molar-refractivity contribution is 0.0424. The normalized spacial score (nSPS) is 22.6. The molecular weight excluding hydrogens is 437 g/mol. The SMILES string of the molecule is NC(=O)Nc1cc(Cl)ccc1N1C[C@@H](O)[C@H](N2CCN(Cc3ccc(Cl)cc3)CC2)C1. The lowest BCUT2D eigenvalue weighted by Gasteiger charge is -2.38. The topological polar surface area (TPSA) is 85.1 Å². The highest BCUT2D eigenvalue weighted by molar-refractivity contribution is 6.31. The van der Waals surface area contributed by atoms with Crippen LogP contribution in [-0.2, 0) is 6.54 Å². The minimum atomic E-state index is -0.642. The van der Waals surface area contributed by atoms with Crippen molar-refractivity contribution >= 4 is 40.6 Å². The standard InChI is InChI=1S/C22H27Cl2N5O2/c23-16-3-1-15(2-4-16)12-27-7-9-28(10-8-27)20-13-29(14-21(20)30)19-6-5-17(24)11-18(19)26-22(25)31/h1-6,11,20-21,30H,7-10,12-14H2,(H3,25,26,31)/t20-,21-/m1/s1. The van der Waals surface area contributed by atoms with Crippen LogP contribution in [-0.4, -0.2) is 72.4 Å². The Labute approximate surface area is 192 Å². The number of nitrogens with one attached hydrogen (secondary N) is 1. The zero-order valence-corrected chi connectivity index (χ0v) is 18.7. The van der Waals surface area contributed by atoms with Crippen LogP contribution in [0.2, 0.25) is 10.0 Å². The van der Waals surface area contributed by atoms with Crippen LogP contribution in [0, 0.1) is 0 Å². The van der Waals surface area contributed by atoms with Gasteiger partial charge in [-0.05, 0) is 35.9 Å². The predicted molar refractivity (Wildman–Crippen MR) is 125 cm³/mol. The molecule has 2 atom stereocenters. The van der Waals surface area contributed by atoms with E-state index in [1.54, 1.807) is 12.1 Å². The molecule has 0 aliphatic carbocycles. The maximum absolute atomic E-state index is 11.4. The summed E-state index contributed by atoms with van der Waals surface area (Å²) in [5.41, 5.74) is 7.93. The van der Waals surface area contributed by atoms with Gasteiger partial charge in [-0.1, -0.05) is 35.3 Å². The summed E-state index contributed by atoms with van der Waals surface area (Å²) < 4.78 is 0. The summed E-state index contributed by atoms with van der Waals surface area (Å²) >= 11 is 12.1. The Kier molecular flexibility index (Phi) is 6.89. The van der Waals surface area contributed by atoms with E-state index < -0.39 is 12.1 Å². The van der Waals surface area contributed by atoms with E-state index in [1.807, 2.05) is 18.2 Å². The maximum Gasteiger partial charge on any atom is 0.316 e. The molecule has 0 radical (unpaired) electrons. The van der Waals surface area contributed by atoms with Crippen LogP contribution in [0.3, 0.4) is 0 Å². The average Bonchev–Trinajstić information content (AvgIpc) is 3.11. The first-order valence-electron chi connectivity index (χ1n) is 10.4. The van der Waals surface area contributed by atoms with Crippen LogP contribution in [0.1, 0.15) is 5.56 Å². The number of hydrogen-bond donors (Lipinski definition) is 3. The minimum Gasteiger partial charge on any atom is -0.390 e. The summed E-state index contributed by atoms with van der Waals surface area (Å²) in [5.74, 6) is 0. The third kappa shape index (κ3) is 5.42. The van der Waals surface area contributed by atoms with Crippen LogP contribution in [0.5, 0.6) is 0 Å². The van der Waals surface area contributed by atoms with Gasteiger partial charge in [0.15, 0.2) is 0 Å². The second-order valence-electron chi connectivity index (χ2n) is 8.13. The zero-order chi connectivity index (χ0) is 22.0. The van der Waals surface area contributed by atoms with E-state index in [-0.39, 0.29) is 6.04 Å². The number of halogens is 2. The number of piperazine rings is 1. The van der Waals surface area contributed by atoms with Crippen molar-refractivity contribution in [3.05, 3.63) is 58.1 Å². The highest BCUT2D eigenvalue weighted by Crippen LogP contribution is 2.33. The summed E-state index contributed by atoms with van der Waals surface area (Å²) in [6.45, 7) is 5.75. The Morgan fingerprint density at radius 1 is 1.03 bits per heavy atom. The van der Waals surface area contributed by atoms with E-state index in [1.165, 1.54) is 5.56 Å². The van der Waals surface area contributed by atoms with Crippen molar-refractivity contribution in [3.63, 3.8) is 0 Å². The molecule has 7 nitrogen and oxygen atoms in total. The first kappa shape index (κ1) is 22.2. The van der Waals surface area contributed by atoms with Gasteiger partial charge in [0.1, 0.15) is 0 Å². The Morgan fingerprint density at radius 2 is 1.71 bits per heavy atom. The molecule has 2 aliphatic heterocycles. The number of urea groups is 1. The van der Waals surface area contributed by atoms with Crippen molar-refractivity contribution in [2.75, 3.05) is 49.5 Å². The molecule has 166 valence electrons. The fourth-order valence-electron chi connectivity index (χ4n) is 4.44. The van der Waals surface area contributed by atoms with Gasteiger partial charge in [0, 0.05) is 55.9 Å². The molecule has 2 saturated heterocycles. The highest BCUT2D eigenvalue weighted by Gasteiger charge is 2.37. The van der Waals surface area contributed by atoms with E-state index in [0.717, 1.165) is 43.4 Å². The number of amides is 2. The minimum absolute atomic E-state index is 0.0368. The predicted octanol–water partition coefficient (Wildman–Crippen LogP) is 2.85. The van der Waals surface area contributed by atoms with Crippen molar-refractivity contribution < 1.29 is 9.90 Å². The highest BCUT2D eigenvalue weighted by atomic mass is 35.5. The zero-order valence-electron chi connectivity index (χ0n) is 17.2. The van der Waals surface area contributed by atoms with E-state index in [2.05, 4.69) is 32.1 Å². The van der Waals surface area contributed by atoms with E-state index in [4.69, 9.17) is 28.9 Å². The number of benzene rings is 2. The Morgan fingerprint density at radius 3 is 2.39 bits per heavy atom. The van der Waals surface area contributed by atoms with Crippen LogP contribution in [0.25, 0.3) is 0 Å². The van der Waals surface area contributed by atoms with Gasteiger partial charge < -0.3 is 21.1 Å². The van der Waals surface area contributed by atoms with Gasteiger partial charge in [-0.3, -0.25) is 9.80 Å². The van der Waals surface area contributed by atoms with Crippen LogP contribution >= 0.6 is 23.2 Å². The summed E-state index contributed by atoms with van der Waals surface area (Å²) in [6, 6.07) is 12.7. The van der Waals surface area contributed by atoms with Crippen LogP contribution < -0.4 is 16.0 Å². The average molecular weight is 464 g/mol.